The minimum absolute atomic E-state index is 0.219. The molecule has 7 heteroatoms. The second-order valence-electron chi connectivity index (χ2n) is 5.45. The topological polar surface area (TPSA) is 74.6 Å². The summed E-state index contributed by atoms with van der Waals surface area (Å²) >= 11 is 1.13. The molecule has 0 N–H and O–H groups in total. The first kappa shape index (κ1) is 19.7. The standard InChI is InChI=1S/C19H21NO5S/c1-4-24-17(21)11-16-20(12-18(22)25-5-2)19(23)15(26-16)10-14-8-6-13(3)7-9-14/h6-11H,4-5,12H2,1-3H3. The highest BCUT2D eigenvalue weighted by Gasteiger charge is 2.11. The molecule has 0 spiro atoms. The molecule has 0 fully saturated rings. The third kappa shape index (κ3) is 5.16. The van der Waals surface area contributed by atoms with Crippen molar-refractivity contribution in [3.05, 3.63) is 54.9 Å². The molecule has 0 amide bonds. The van der Waals surface area contributed by atoms with E-state index in [2.05, 4.69) is 0 Å². The van der Waals surface area contributed by atoms with Gasteiger partial charge in [-0.25, -0.2) is 4.79 Å². The largest absolute Gasteiger partial charge is 0.465 e. The van der Waals surface area contributed by atoms with Crippen molar-refractivity contribution < 1.29 is 19.1 Å². The third-order valence-electron chi connectivity index (χ3n) is 3.43. The van der Waals surface area contributed by atoms with Gasteiger partial charge in [0, 0.05) is 0 Å². The maximum atomic E-state index is 12.7. The van der Waals surface area contributed by atoms with Crippen LogP contribution in [0.3, 0.4) is 0 Å². The molecule has 0 bridgehead atoms. The number of nitrogens with zero attached hydrogens (tertiary/aromatic N) is 1. The third-order valence-corrected chi connectivity index (χ3v) is 4.49. The Morgan fingerprint density at radius 3 is 2.38 bits per heavy atom. The lowest BCUT2D eigenvalue weighted by Crippen LogP contribution is -2.35. The Balaban J connectivity index is 2.55. The summed E-state index contributed by atoms with van der Waals surface area (Å²) in [7, 11) is 0. The van der Waals surface area contributed by atoms with Crippen LogP contribution < -0.4 is 14.8 Å². The molecule has 0 aliphatic rings. The molecule has 1 aromatic heterocycles. The minimum atomic E-state index is -0.562. The molecular weight excluding hydrogens is 354 g/mol. The zero-order valence-corrected chi connectivity index (χ0v) is 15.8. The Kier molecular flexibility index (Phi) is 6.91. The molecule has 0 saturated carbocycles. The first-order valence-electron chi connectivity index (χ1n) is 8.26. The van der Waals surface area contributed by atoms with Gasteiger partial charge >= 0.3 is 11.9 Å². The van der Waals surface area contributed by atoms with E-state index in [9.17, 15) is 14.4 Å². The summed E-state index contributed by atoms with van der Waals surface area (Å²) in [6.07, 6.45) is 2.96. The van der Waals surface area contributed by atoms with Gasteiger partial charge in [0.2, 0.25) is 0 Å². The van der Waals surface area contributed by atoms with Gasteiger partial charge in [0.25, 0.3) is 5.56 Å². The number of ether oxygens (including phenoxy) is 2. The number of rotatable bonds is 6. The van der Waals surface area contributed by atoms with Gasteiger partial charge in [-0.2, -0.15) is 0 Å². The van der Waals surface area contributed by atoms with Crippen LogP contribution in [0.1, 0.15) is 25.0 Å². The van der Waals surface area contributed by atoms with Gasteiger partial charge in [-0.05, 0) is 32.4 Å². The fraction of sp³-hybridized carbons (Fsp3) is 0.316. The molecule has 0 radical (unpaired) electrons. The number of hydrogen-bond acceptors (Lipinski definition) is 6. The van der Waals surface area contributed by atoms with Gasteiger partial charge < -0.3 is 9.47 Å². The molecule has 1 heterocycles. The number of hydrogen-bond donors (Lipinski definition) is 0. The van der Waals surface area contributed by atoms with Gasteiger partial charge in [0.15, 0.2) is 0 Å². The maximum Gasteiger partial charge on any atom is 0.333 e. The van der Waals surface area contributed by atoms with Crippen LogP contribution >= 0.6 is 11.3 Å². The highest BCUT2D eigenvalue weighted by molar-refractivity contribution is 7.07. The molecule has 26 heavy (non-hydrogen) atoms. The quantitative estimate of drug-likeness (QED) is 0.703. The maximum absolute atomic E-state index is 12.7. The fourth-order valence-corrected chi connectivity index (χ4v) is 3.26. The van der Waals surface area contributed by atoms with Crippen molar-refractivity contribution in [1.29, 1.82) is 0 Å². The second-order valence-corrected chi connectivity index (χ2v) is 6.51. The van der Waals surface area contributed by atoms with E-state index in [1.54, 1.807) is 19.9 Å². The van der Waals surface area contributed by atoms with Crippen molar-refractivity contribution in [3.8, 4) is 0 Å². The van der Waals surface area contributed by atoms with Gasteiger partial charge in [-0.3, -0.25) is 14.2 Å². The average Bonchev–Trinajstić information content (AvgIpc) is 2.86. The van der Waals surface area contributed by atoms with E-state index in [1.807, 2.05) is 31.2 Å². The van der Waals surface area contributed by atoms with E-state index < -0.39 is 11.9 Å². The highest BCUT2D eigenvalue weighted by atomic mass is 32.1. The average molecular weight is 375 g/mol. The minimum Gasteiger partial charge on any atom is -0.465 e. The predicted molar refractivity (Wildman–Crippen MR) is 100 cm³/mol. The van der Waals surface area contributed by atoms with Crippen LogP contribution in [0.15, 0.2) is 29.1 Å². The summed E-state index contributed by atoms with van der Waals surface area (Å²) in [5.41, 5.74) is 1.63. The van der Waals surface area contributed by atoms with Gasteiger partial charge in [-0.1, -0.05) is 29.8 Å². The van der Waals surface area contributed by atoms with Gasteiger partial charge in [0.1, 0.15) is 11.2 Å². The molecule has 0 saturated heterocycles. The molecule has 2 aromatic rings. The Morgan fingerprint density at radius 2 is 1.77 bits per heavy atom. The summed E-state index contributed by atoms with van der Waals surface area (Å²) in [6, 6.07) is 7.70. The fourth-order valence-electron chi connectivity index (χ4n) is 2.23. The molecule has 0 unspecified atom stereocenters. The lowest BCUT2D eigenvalue weighted by atomic mass is 10.1. The van der Waals surface area contributed by atoms with E-state index >= 15 is 0 Å². The van der Waals surface area contributed by atoms with E-state index in [0.29, 0.717) is 9.20 Å². The van der Waals surface area contributed by atoms with Crippen LogP contribution in [-0.4, -0.2) is 29.7 Å². The Labute approximate surface area is 155 Å². The lowest BCUT2D eigenvalue weighted by Gasteiger charge is -2.02. The van der Waals surface area contributed by atoms with Crippen molar-refractivity contribution >= 4 is 35.4 Å². The molecule has 6 nitrogen and oxygen atoms in total. The van der Waals surface area contributed by atoms with Crippen LogP contribution in [0.4, 0.5) is 0 Å². The molecule has 2 rings (SSSR count). The summed E-state index contributed by atoms with van der Waals surface area (Å²) in [4.78, 5) is 36.3. The molecule has 1 aromatic carbocycles. The number of carbonyl (C=O) groups is 2. The lowest BCUT2D eigenvalue weighted by molar-refractivity contribution is -0.144. The molecule has 138 valence electrons. The van der Waals surface area contributed by atoms with Crippen molar-refractivity contribution in [2.75, 3.05) is 13.2 Å². The zero-order valence-electron chi connectivity index (χ0n) is 15.0. The molecule has 0 aliphatic heterocycles. The van der Waals surface area contributed by atoms with E-state index in [0.717, 1.165) is 22.5 Å². The Hall–Kier alpha value is -2.67. The summed E-state index contributed by atoms with van der Waals surface area (Å²) < 4.78 is 11.8. The number of esters is 2. The Morgan fingerprint density at radius 1 is 1.12 bits per heavy atom. The molecular formula is C19H21NO5S. The van der Waals surface area contributed by atoms with E-state index in [1.165, 1.54) is 10.6 Å². The highest BCUT2D eigenvalue weighted by Crippen LogP contribution is 2.03. The van der Waals surface area contributed by atoms with Crippen molar-refractivity contribution in [3.63, 3.8) is 0 Å². The summed E-state index contributed by atoms with van der Waals surface area (Å²) in [6.45, 7) is 5.56. The number of thiazole rings is 1. The van der Waals surface area contributed by atoms with Crippen LogP contribution in [0, 0.1) is 6.92 Å². The van der Waals surface area contributed by atoms with E-state index in [4.69, 9.17) is 9.47 Å². The summed E-state index contributed by atoms with van der Waals surface area (Å²) in [5.74, 6) is -1.10. The normalized spacial score (nSPS) is 12.3. The number of benzene rings is 1. The SMILES string of the molecule is CCOC(=O)C=c1sc(=Cc2ccc(C)cc2)c(=O)n1CC(=O)OCC. The van der Waals surface area contributed by atoms with Gasteiger partial charge in [0.05, 0.1) is 23.8 Å². The zero-order chi connectivity index (χ0) is 19.1. The predicted octanol–water partition coefficient (Wildman–Crippen LogP) is 0.954. The van der Waals surface area contributed by atoms with Gasteiger partial charge in [-0.15, -0.1) is 11.3 Å². The van der Waals surface area contributed by atoms with Crippen molar-refractivity contribution in [1.82, 2.24) is 4.57 Å². The first-order chi connectivity index (χ1) is 12.4. The van der Waals surface area contributed by atoms with Crippen LogP contribution in [0.2, 0.25) is 0 Å². The van der Waals surface area contributed by atoms with Crippen molar-refractivity contribution in [2.45, 2.75) is 27.3 Å². The van der Waals surface area contributed by atoms with Crippen LogP contribution in [0.25, 0.3) is 12.2 Å². The molecule has 0 atom stereocenters. The first-order valence-corrected chi connectivity index (χ1v) is 9.08. The number of aromatic nitrogens is 1. The van der Waals surface area contributed by atoms with Crippen LogP contribution in [-0.2, 0) is 25.6 Å². The van der Waals surface area contributed by atoms with Crippen LogP contribution in [0.5, 0.6) is 0 Å². The number of carbonyl (C=O) groups excluding carboxylic acids is 2. The second kappa shape index (κ2) is 9.15. The number of aryl methyl sites for hydroxylation is 1. The monoisotopic (exact) mass is 375 g/mol. The van der Waals surface area contributed by atoms with Crippen molar-refractivity contribution in [2.24, 2.45) is 0 Å². The summed E-state index contributed by atoms with van der Waals surface area (Å²) in [5, 5.41) is 0. The van der Waals surface area contributed by atoms with E-state index in [-0.39, 0.29) is 25.3 Å². The Bertz CT molecular complexity index is 953. The smallest absolute Gasteiger partial charge is 0.333 e. The molecule has 0 aliphatic carbocycles.